The van der Waals surface area contributed by atoms with Crippen molar-refractivity contribution >= 4 is 17.1 Å². The Morgan fingerprint density at radius 1 is 1.67 bits per heavy atom. The molecule has 0 bridgehead atoms. The van der Waals surface area contributed by atoms with Gasteiger partial charge in [-0.05, 0) is 6.07 Å². The van der Waals surface area contributed by atoms with Gasteiger partial charge in [-0.3, -0.25) is 4.98 Å². The first-order chi connectivity index (χ1) is 7.26. The van der Waals surface area contributed by atoms with E-state index in [1.165, 1.54) is 19.4 Å². The number of carbonyl (C=O) groups excluding carboxylic acids is 1. The molecule has 0 aliphatic heterocycles. The molecular formula is C10H9NO4. The van der Waals surface area contributed by atoms with E-state index in [4.69, 9.17) is 9.52 Å². The number of carbonyl (C=O) groups is 1. The molecule has 0 saturated carbocycles. The van der Waals surface area contributed by atoms with Crippen molar-refractivity contribution in [2.45, 2.75) is 6.61 Å². The minimum Gasteiger partial charge on any atom is -0.465 e. The maximum absolute atomic E-state index is 11.4. The largest absolute Gasteiger partial charge is 0.465 e. The second-order valence-corrected chi connectivity index (χ2v) is 2.94. The third kappa shape index (κ3) is 1.57. The number of hydrogen-bond donors (Lipinski definition) is 1. The van der Waals surface area contributed by atoms with Gasteiger partial charge in [0.25, 0.3) is 0 Å². The molecule has 2 rings (SSSR count). The standard InChI is InChI=1S/C10H9NO4/c1-14-10(13)7-2-3-11-8-4-6(5-12)15-9(7)8/h2-4,12H,5H2,1H3. The molecule has 2 aromatic rings. The van der Waals surface area contributed by atoms with Crippen molar-refractivity contribution in [2.75, 3.05) is 7.11 Å². The SMILES string of the molecule is COC(=O)c1ccnc2cc(CO)oc12. The molecule has 5 heteroatoms. The van der Waals surface area contributed by atoms with E-state index >= 15 is 0 Å². The highest BCUT2D eigenvalue weighted by Gasteiger charge is 2.14. The van der Waals surface area contributed by atoms with E-state index in [9.17, 15) is 4.79 Å². The number of esters is 1. The molecule has 5 nitrogen and oxygen atoms in total. The van der Waals surface area contributed by atoms with Gasteiger partial charge in [0.05, 0.1) is 7.11 Å². The van der Waals surface area contributed by atoms with E-state index in [1.807, 2.05) is 0 Å². The van der Waals surface area contributed by atoms with Gasteiger partial charge in [-0.15, -0.1) is 0 Å². The first-order valence-corrected chi connectivity index (χ1v) is 4.33. The lowest BCUT2D eigenvalue weighted by Crippen LogP contribution is -2.01. The number of fused-ring (bicyclic) bond motifs is 1. The molecule has 0 atom stereocenters. The Morgan fingerprint density at radius 2 is 2.47 bits per heavy atom. The van der Waals surface area contributed by atoms with Gasteiger partial charge in [0.1, 0.15) is 23.4 Å². The van der Waals surface area contributed by atoms with Gasteiger partial charge < -0.3 is 14.3 Å². The van der Waals surface area contributed by atoms with E-state index < -0.39 is 5.97 Å². The second-order valence-electron chi connectivity index (χ2n) is 2.94. The minimum atomic E-state index is -0.485. The number of pyridine rings is 1. The predicted octanol–water partition coefficient (Wildman–Crippen LogP) is 1.11. The lowest BCUT2D eigenvalue weighted by Gasteiger charge is -1.98. The van der Waals surface area contributed by atoms with Crippen LogP contribution in [0.1, 0.15) is 16.1 Å². The molecule has 0 fully saturated rings. The van der Waals surface area contributed by atoms with Crippen LogP contribution in [0.3, 0.4) is 0 Å². The molecule has 2 heterocycles. The van der Waals surface area contributed by atoms with Crippen LogP contribution in [-0.4, -0.2) is 23.2 Å². The molecule has 0 radical (unpaired) electrons. The fourth-order valence-corrected chi connectivity index (χ4v) is 1.34. The maximum Gasteiger partial charge on any atom is 0.341 e. The summed E-state index contributed by atoms with van der Waals surface area (Å²) < 4.78 is 9.86. The summed E-state index contributed by atoms with van der Waals surface area (Å²) in [6.45, 7) is -0.225. The summed E-state index contributed by atoms with van der Waals surface area (Å²) in [6.07, 6.45) is 1.49. The number of aliphatic hydroxyl groups is 1. The summed E-state index contributed by atoms with van der Waals surface area (Å²) in [5, 5.41) is 8.89. The molecule has 0 saturated heterocycles. The molecule has 15 heavy (non-hydrogen) atoms. The number of hydrogen-bond acceptors (Lipinski definition) is 5. The summed E-state index contributed by atoms with van der Waals surface area (Å²) in [5.74, 6) is -0.116. The smallest absolute Gasteiger partial charge is 0.341 e. The zero-order valence-corrected chi connectivity index (χ0v) is 8.06. The Balaban J connectivity index is 2.64. The normalized spacial score (nSPS) is 10.5. The van der Waals surface area contributed by atoms with Crippen molar-refractivity contribution in [3.63, 3.8) is 0 Å². The number of furan rings is 1. The molecule has 0 spiro atoms. The Labute approximate surface area is 85.3 Å². The van der Waals surface area contributed by atoms with Gasteiger partial charge in [0.15, 0.2) is 5.58 Å². The van der Waals surface area contributed by atoms with Crippen molar-refractivity contribution in [2.24, 2.45) is 0 Å². The fourth-order valence-electron chi connectivity index (χ4n) is 1.34. The maximum atomic E-state index is 11.4. The highest BCUT2D eigenvalue weighted by molar-refractivity contribution is 6.00. The number of ether oxygens (including phenoxy) is 1. The Kier molecular flexibility index (Phi) is 2.39. The Hall–Kier alpha value is -1.88. The number of aliphatic hydroxyl groups excluding tert-OH is 1. The molecule has 0 aromatic carbocycles. The summed E-state index contributed by atoms with van der Waals surface area (Å²) in [6, 6.07) is 3.10. The van der Waals surface area contributed by atoms with Crippen molar-refractivity contribution in [1.82, 2.24) is 4.98 Å². The van der Waals surface area contributed by atoms with Crippen LogP contribution in [-0.2, 0) is 11.3 Å². The molecule has 1 N–H and O–H groups in total. The van der Waals surface area contributed by atoms with Gasteiger partial charge in [-0.2, -0.15) is 0 Å². The first kappa shape index (κ1) is 9.67. The topological polar surface area (TPSA) is 72.6 Å². The van der Waals surface area contributed by atoms with Crippen molar-refractivity contribution in [3.8, 4) is 0 Å². The van der Waals surface area contributed by atoms with E-state index in [2.05, 4.69) is 9.72 Å². The molecule has 0 amide bonds. The fraction of sp³-hybridized carbons (Fsp3) is 0.200. The number of aromatic nitrogens is 1. The molecule has 2 aromatic heterocycles. The summed E-state index contributed by atoms with van der Waals surface area (Å²) in [5.41, 5.74) is 1.18. The van der Waals surface area contributed by atoms with E-state index in [0.717, 1.165) is 0 Å². The quantitative estimate of drug-likeness (QED) is 0.746. The molecular weight excluding hydrogens is 198 g/mol. The zero-order chi connectivity index (χ0) is 10.8. The first-order valence-electron chi connectivity index (χ1n) is 4.33. The summed E-state index contributed by atoms with van der Waals surface area (Å²) in [7, 11) is 1.30. The van der Waals surface area contributed by atoms with Crippen molar-refractivity contribution < 1.29 is 19.1 Å². The van der Waals surface area contributed by atoms with Crippen LogP contribution in [0, 0.1) is 0 Å². The monoisotopic (exact) mass is 207 g/mol. The average Bonchev–Trinajstić information content (AvgIpc) is 2.70. The lowest BCUT2D eigenvalue weighted by atomic mass is 10.2. The molecule has 0 aliphatic carbocycles. The van der Waals surface area contributed by atoms with Gasteiger partial charge in [-0.1, -0.05) is 0 Å². The van der Waals surface area contributed by atoms with Crippen LogP contribution in [0.4, 0.5) is 0 Å². The van der Waals surface area contributed by atoms with Crippen LogP contribution in [0.15, 0.2) is 22.7 Å². The average molecular weight is 207 g/mol. The van der Waals surface area contributed by atoms with E-state index in [-0.39, 0.29) is 6.61 Å². The minimum absolute atomic E-state index is 0.225. The zero-order valence-electron chi connectivity index (χ0n) is 8.06. The predicted molar refractivity (Wildman–Crippen MR) is 51.3 cm³/mol. The van der Waals surface area contributed by atoms with Gasteiger partial charge in [0.2, 0.25) is 0 Å². The summed E-state index contributed by atoms with van der Waals surface area (Å²) in [4.78, 5) is 15.4. The van der Waals surface area contributed by atoms with Crippen molar-refractivity contribution in [3.05, 3.63) is 29.7 Å². The third-order valence-electron chi connectivity index (χ3n) is 2.02. The van der Waals surface area contributed by atoms with Gasteiger partial charge in [-0.25, -0.2) is 4.79 Å². The Bertz CT molecular complexity index is 503. The highest BCUT2D eigenvalue weighted by Crippen LogP contribution is 2.21. The van der Waals surface area contributed by atoms with Crippen molar-refractivity contribution in [1.29, 1.82) is 0 Å². The highest BCUT2D eigenvalue weighted by atomic mass is 16.5. The molecule has 0 unspecified atom stereocenters. The van der Waals surface area contributed by atoms with Crippen LogP contribution in [0.2, 0.25) is 0 Å². The van der Waals surface area contributed by atoms with Crippen LogP contribution >= 0.6 is 0 Å². The van der Waals surface area contributed by atoms with Crippen LogP contribution in [0.25, 0.3) is 11.1 Å². The second kappa shape index (κ2) is 3.70. The number of methoxy groups -OCH3 is 1. The Morgan fingerprint density at radius 3 is 3.13 bits per heavy atom. The lowest BCUT2D eigenvalue weighted by molar-refractivity contribution is 0.0601. The summed E-state index contributed by atoms with van der Waals surface area (Å²) >= 11 is 0. The van der Waals surface area contributed by atoms with E-state index in [0.29, 0.717) is 22.4 Å². The van der Waals surface area contributed by atoms with Crippen LogP contribution in [0.5, 0.6) is 0 Å². The number of rotatable bonds is 2. The number of nitrogens with zero attached hydrogens (tertiary/aromatic N) is 1. The molecule has 78 valence electrons. The van der Waals surface area contributed by atoms with E-state index in [1.54, 1.807) is 6.07 Å². The van der Waals surface area contributed by atoms with Crippen LogP contribution < -0.4 is 0 Å². The van der Waals surface area contributed by atoms with Gasteiger partial charge in [0, 0.05) is 12.3 Å². The molecule has 0 aliphatic rings. The third-order valence-corrected chi connectivity index (χ3v) is 2.02. The van der Waals surface area contributed by atoms with Gasteiger partial charge >= 0.3 is 5.97 Å².